The number of carbonyl (C=O) groups excluding carboxylic acids is 2. The Hall–Kier alpha value is -1.89. The fourth-order valence-electron chi connectivity index (χ4n) is 4.23. The Morgan fingerprint density at radius 1 is 1.26 bits per heavy atom. The Kier molecular flexibility index (Phi) is 4.74. The predicted molar refractivity (Wildman–Crippen MR) is 102 cm³/mol. The molecular weight excluding hydrogens is 366 g/mol. The van der Waals surface area contributed by atoms with Crippen molar-refractivity contribution in [1.82, 2.24) is 15.8 Å². The Morgan fingerprint density at radius 2 is 2.00 bits per heavy atom. The van der Waals surface area contributed by atoms with Crippen LogP contribution in [0.4, 0.5) is 0 Å². The highest BCUT2D eigenvalue weighted by atomic mass is 35.5. The minimum absolute atomic E-state index is 0.0623. The molecule has 3 aliphatic rings. The van der Waals surface area contributed by atoms with Crippen LogP contribution < -0.4 is 10.9 Å². The Balaban J connectivity index is 1.51. The van der Waals surface area contributed by atoms with E-state index in [1.165, 1.54) is 6.08 Å². The van der Waals surface area contributed by atoms with E-state index in [0.29, 0.717) is 30.6 Å². The number of rotatable bonds is 2. The number of hydrogen-bond donors (Lipinski definition) is 2. The summed E-state index contributed by atoms with van der Waals surface area (Å²) >= 11 is 6.00. The molecule has 6 nitrogen and oxygen atoms in total. The number of hydrogen-bond acceptors (Lipinski definition) is 5. The van der Waals surface area contributed by atoms with Gasteiger partial charge in [0.2, 0.25) is 0 Å². The first kappa shape index (κ1) is 18.5. The van der Waals surface area contributed by atoms with Crippen molar-refractivity contribution in [2.75, 3.05) is 13.1 Å². The number of nitrogens with one attached hydrogen (secondary N) is 2. The summed E-state index contributed by atoms with van der Waals surface area (Å²) in [4.78, 5) is 26.8. The number of ether oxygens (including phenoxy) is 1. The lowest BCUT2D eigenvalue weighted by Gasteiger charge is -2.38. The first-order valence-corrected chi connectivity index (χ1v) is 9.69. The predicted octanol–water partition coefficient (Wildman–Crippen LogP) is 2.36. The van der Waals surface area contributed by atoms with Crippen LogP contribution in [0.2, 0.25) is 5.02 Å². The molecule has 7 heteroatoms. The second kappa shape index (κ2) is 6.93. The standard InChI is InChI=1S/C20H24ClN3O3/c1-20(2)10-14(25)9-17(27-20)19(26)24-8-7-16-15(11-24)18(23-22-16)12-3-5-13(21)6-4-12/h3-6,9,15-16,18,22-23H,7-8,10-11H2,1-2H3. The molecule has 1 aromatic carbocycles. The zero-order chi connectivity index (χ0) is 19.2. The van der Waals surface area contributed by atoms with Gasteiger partial charge in [-0.3, -0.25) is 15.0 Å². The van der Waals surface area contributed by atoms with E-state index < -0.39 is 5.60 Å². The maximum Gasteiger partial charge on any atom is 0.289 e. The Morgan fingerprint density at radius 3 is 2.70 bits per heavy atom. The molecule has 0 saturated carbocycles. The Bertz CT molecular complexity index is 790. The highest BCUT2D eigenvalue weighted by Gasteiger charge is 2.43. The monoisotopic (exact) mass is 389 g/mol. The quantitative estimate of drug-likeness (QED) is 0.812. The van der Waals surface area contributed by atoms with E-state index in [-0.39, 0.29) is 29.4 Å². The van der Waals surface area contributed by atoms with Crippen molar-refractivity contribution in [2.45, 2.75) is 44.4 Å². The van der Waals surface area contributed by atoms with Crippen LogP contribution in [0, 0.1) is 5.92 Å². The van der Waals surface area contributed by atoms with Gasteiger partial charge in [-0.05, 0) is 38.0 Å². The third-order valence-corrected chi connectivity index (χ3v) is 5.77. The molecule has 0 spiro atoms. The summed E-state index contributed by atoms with van der Waals surface area (Å²) in [5, 5.41) is 0.704. The lowest BCUT2D eigenvalue weighted by atomic mass is 9.85. The van der Waals surface area contributed by atoms with Crippen LogP contribution in [-0.4, -0.2) is 41.3 Å². The molecule has 0 aliphatic carbocycles. The number of benzene rings is 1. The van der Waals surface area contributed by atoms with Crippen LogP contribution in [0.5, 0.6) is 0 Å². The SMILES string of the molecule is CC1(C)CC(=O)C=C(C(=O)N2CCC3NNC(c4ccc(Cl)cc4)C3C2)O1. The molecule has 3 heterocycles. The molecule has 3 aliphatic heterocycles. The molecule has 27 heavy (non-hydrogen) atoms. The molecule has 2 saturated heterocycles. The maximum atomic E-state index is 13.0. The van der Waals surface area contributed by atoms with Crippen LogP contribution in [0.15, 0.2) is 36.1 Å². The van der Waals surface area contributed by atoms with Gasteiger partial charge in [-0.2, -0.15) is 0 Å². The van der Waals surface area contributed by atoms with Crippen molar-refractivity contribution in [2.24, 2.45) is 5.92 Å². The molecule has 3 unspecified atom stereocenters. The highest BCUT2D eigenvalue weighted by Crippen LogP contribution is 2.35. The molecule has 1 aromatic rings. The fourth-order valence-corrected chi connectivity index (χ4v) is 4.36. The van der Waals surface area contributed by atoms with Crippen LogP contribution in [0.3, 0.4) is 0 Å². The largest absolute Gasteiger partial charge is 0.481 e. The summed E-state index contributed by atoms with van der Waals surface area (Å²) in [5.41, 5.74) is 7.22. The van der Waals surface area contributed by atoms with Crippen LogP contribution in [0.1, 0.15) is 38.3 Å². The normalized spacial score (nSPS) is 29.7. The second-order valence-electron chi connectivity index (χ2n) is 8.14. The van der Waals surface area contributed by atoms with Crippen molar-refractivity contribution in [3.05, 3.63) is 46.7 Å². The maximum absolute atomic E-state index is 13.0. The summed E-state index contributed by atoms with van der Waals surface area (Å²) in [5.74, 6) is 0.137. The molecule has 0 radical (unpaired) electrons. The van der Waals surface area contributed by atoms with E-state index in [9.17, 15) is 9.59 Å². The van der Waals surface area contributed by atoms with Crippen LogP contribution in [0.25, 0.3) is 0 Å². The minimum Gasteiger partial charge on any atom is -0.481 e. The van der Waals surface area contributed by atoms with E-state index in [0.717, 1.165) is 12.0 Å². The summed E-state index contributed by atoms with van der Waals surface area (Å²) in [6, 6.07) is 8.19. The van der Waals surface area contributed by atoms with E-state index in [1.54, 1.807) is 4.90 Å². The fraction of sp³-hybridized carbons (Fsp3) is 0.500. The number of hydrazine groups is 1. The average molecular weight is 390 g/mol. The molecule has 1 amide bonds. The number of piperidine rings is 1. The summed E-state index contributed by atoms with van der Waals surface area (Å²) in [6.45, 7) is 4.90. The second-order valence-corrected chi connectivity index (χ2v) is 8.58. The number of ketones is 1. The number of fused-ring (bicyclic) bond motifs is 1. The van der Waals surface area contributed by atoms with Gasteiger partial charge >= 0.3 is 0 Å². The number of likely N-dealkylation sites (tertiary alicyclic amines) is 1. The minimum atomic E-state index is -0.641. The number of nitrogens with zero attached hydrogens (tertiary/aromatic N) is 1. The number of halogens is 1. The molecular formula is C20H24ClN3O3. The molecule has 144 valence electrons. The molecule has 4 rings (SSSR count). The lowest BCUT2D eigenvalue weighted by molar-refractivity contribution is -0.139. The summed E-state index contributed by atoms with van der Waals surface area (Å²) in [7, 11) is 0. The van der Waals surface area contributed by atoms with Gasteiger partial charge in [0.1, 0.15) is 5.60 Å². The zero-order valence-electron chi connectivity index (χ0n) is 15.5. The molecule has 0 bridgehead atoms. The van der Waals surface area contributed by atoms with Crippen molar-refractivity contribution >= 4 is 23.3 Å². The number of amides is 1. The molecule has 0 aromatic heterocycles. The van der Waals surface area contributed by atoms with E-state index in [2.05, 4.69) is 10.9 Å². The van der Waals surface area contributed by atoms with Gasteiger partial charge in [-0.1, -0.05) is 23.7 Å². The number of allylic oxidation sites excluding steroid dienone is 1. The van der Waals surface area contributed by atoms with Crippen molar-refractivity contribution < 1.29 is 14.3 Å². The lowest BCUT2D eigenvalue weighted by Crippen LogP contribution is -2.49. The third-order valence-electron chi connectivity index (χ3n) is 5.52. The molecule has 2 fully saturated rings. The first-order chi connectivity index (χ1) is 12.8. The van der Waals surface area contributed by atoms with Gasteiger partial charge in [0.25, 0.3) is 5.91 Å². The van der Waals surface area contributed by atoms with E-state index in [4.69, 9.17) is 16.3 Å². The van der Waals surface area contributed by atoms with E-state index >= 15 is 0 Å². The van der Waals surface area contributed by atoms with Gasteiger partial charge in [0.05, 0.1) is 6.04 Å². The first-order valence-electron chi connectivity index (χ1n) is 9.32. The average Bonchev–Trinajstić information content (AvgIpc) is 3.03. The van der Waals surface area contributed by atoms with Gasteiger partial charge in [0, 0.05) is 42.6 Å². The van der Waals surface area contributed by atoms with Gasteiger partial charge in [-0.25, -0.2) is 5.43 Å². The topological polar surface area (TPSA) is 70.7 Å². The van der Waals surface area contributed by atoms with Crippen molar-refractivity contribution in [3.63, 3.8) is 0 Å². The highest BCUT2D eigenvalue weighted by molar-refractivity contribution is 6.30. The zero-order valence-corrected chi connectivity index (χ0v) is 16.3. The van der Waals surface area contributed by atoms with Gasteiger partial charge in [0.15, 0.2) is 11.5 Å². The van der Waals surface area contributed by atoms with Crippen LogP contribution >= 0.6 is 11.6 Å². The van der Waals surface area contributed by atoms with Crippen LogP contribution in [-0.2, 0) is 14.3 Å². The third kappa shape index (κ3) is 3.74. The van der Waals surface area contributed by atoms with Crippen molar-refractivity contribution in [1.29, 1.82) is 0 Å². The Labute approximate surface area is 163 Å². The summed E-state index contributed by atoms with van der Waals surface area (Å²) < 4.78 is 5.80. The number of carbonyl (C=O) groups is 2. The van der Waals surface area contributed by atoms with Gasteiger partial charge in [-0.15, -0.1) is 0 Å². The molecule has 3 atom stereocenters. The van der Waals surface area contributed by atoms with E-state index in [1.807, 2.05) is 38.1 Å². The van der Waals surface area contributed by atoms with Crippen molar-refractivity contribution in [3.8, 4) is 0 Å². The smallest absolute Gasteiger partial charge is 0.289 e. The molecule has 2 N–H and O–H groups in total. The summed E-state index contributed by atoms with van der Waals surface area (Å²) in [6.07, 6.45) is 2.49. The van der Waals surface area contributed by atoms with Gasteiger partial charge < -0.3 is 9.64 Å².